The van der Waals surface area contributed by atoms with Crippen LogP contribution in [0.2, 0.25) is 0 Å². The van der Waals surface area contributed by atoms with Crippen molar-refractivity contribution in [3.8, 4) is 0 Å². The molecule has 14 nitrogen and oxygen atoms in total. The Morgan fingerprint density at radius 3 is 0.973 bits per heavy atom. The minimum Gasteiger partial charge on any atom is -0.512 e. The van der Waals surface area contributed by atoms with Gasteiger partial charge in [-0.1, -0.05) is 172 Å². The summed E-state index contributed by atoms with van der Waals surface area (Å²) in [5.41, 5.74) is 17.2. The summed E-state index contributed by atoms with van der Waals surface area (Å²) in [6.07, 6.45) is 71.8. The van der Waals surface area contributed by atoms with Crippen molar-refractivity contribution in [1.29, 1.82) is 0 Å². The zero-order valence-corrected chi connectivity index (χ0v) is 79.5. The molecule has 0 unspecified atom stereocenters. The van der Waals surface area contributed by atoms with Crippen LogP contribution in [0.15, 0.2) is 292 Å². The Labute approximate surface area is 760 Å². The average Bonchev–Trinajstić information content (AvgIpc) is 1.81. The van der Waals surface area contributed by atoms with Crippen LogP contribution in [0, 0.1) is 42.5 Å². The Kier molecular flexibility index (Phi) is 58.8. The molecule has 9 aromatic rings. The molecule has 601 valence electrons. The number of allylic oxidation sites excluding steroid dienone is 28. The SMILES string of the molecule is CC(=O)C=C(C)O.CC(=O)C=C(C)O.O=C(O)c1ccccn1.[C-]1=C(c2ccc3ccccc3n2)CCC1.[C-]1=C(c2ccccn2)CC1.[C-]1=C(c2ccccn2)CC=C1.[C-]1=C(c2ccccn2)CC=C1.[C-]1=C(c2ccccn2)CC=C1.[C-]1=C(c2ccccn2)CC=CC=C1.[C-]1=C(c2ccccn2)CCCC1.[Ir].[Ir].[Ir].[Ir].[Ir].[Ir].[Ir]. The zero-order chi connectivity index (χ0) is 75.0. The number of hydrogen-bond acceptors (Lipinski definition) is 13. The molecule has 1 aromatic carbocycles. The molecule has 8 aromatic heterocycles. The number of carboxylic acids is 1. The first-order valence-corrected chi connectivity index (χ1v) is 35.1. The first kappa shape index (κ1) is 105. The van der Waals surface area contributed by atoms with Gasteiger partial charge in [-0.25, -0.2) is 9.78 Å². The molecule has 7 aliphatic carbocycles. The van der Waals surface area contributed by atoms with Crippen LogP contribution in [0.5, 0.6) is 0 Å². The molecule has 7 aliphatic rings. The topological polar surface area (TPSA) is 215 Å². The zero-order valence-electron chi connectivity index (χ0n) is 62.7. The number of hydrogen-bond donors (Lipinski definition) is 3. The van der Waals surface area contributed by atoms with Gasteiger partial charge in [-0.05, 0) is 117 Å². The Morgan fingerprint density at radius 2 is 0.673 bits per heavy atom. The summed E-state index contributed by atoms with van der Waals surface area (Å²) in [4.78, 5) is 63.9. The molecule has 0 spiro atoms. The summed E-state index contributed by atoms with van der Waals surface area (Å²) >= 11 is 0. The number of carbonyl (C=O) groups excluding carboxylic acids is 2. The minimum absolute atomic E-state index is 0. The van der Waals surface area contributed by atoms with Crippen molar-refractivity contribution in [3.05, 3.63) is 380 Å². The van der Waals surface area contributed by atoms with Crippen LogP contribution in [0.25, 0.3) is 49.9 Å². The van der Waals surface area contributed by atoms with E-state index in [1.165, 1.54) is 110 Å². The minimum atomic E-state index is -0.990. The maximum absolute atomic E-state index is 10.1. The van der Waals surface area contributed by atoms with E-state index in [2.05, 4.69) is 137 Å². The largest absolute Gasteiger partial charge is 0.512 e. The van der Waals surface area contributed by atoms with Crippen LogP contribution < -0.4 is 0 Å². The fourth-order valence-electron chi connectivity index (χ4n) is 10.2. The van der Waals surface area contributed by atoms with E-state index in [-0.39, 0.29) is 170 Å². The van der Waals surface area contributed by atoms with E-state index in [0.29, 0.717) is 0 Å². The predicted octanol–water partition coefficient (Wildman–Crippen LogP) is 20.8. The molecule has 3 N–H and O–H groups in total. The maximum atomic E-state index is 10.1. The van der Waals surface area contributed by atoms with E-state index in [1.54, 1.807) is 12.1 Å². The number of aromatic carboxylic acids is 1. The summed E-state index contributed by atoms with van der Waals surface area (Å²) < 4.78 is 0. The Hall–Kier alpha value is -8.00. The Morgan fingerprint density at radius 1 is 0.327 bits per heavy atom. The van der Waals surface area contributed by atoms with Crippen molar-refractivity contribution in [2.75, 3.05) is 0 Å². The fraction of sp³-hybridized carbons (Fsp3) is 0.185. The number of fused-ring (bicyclic) bond motifs is 1. The second kappa shape index (κ2) is 63.3. The van der Waals surface area contributed by atoms with E-state index in [4.69, 9.17) is 15.3 Å². The second-order valence-corrected chi connectivity index (χ2v) is 23.8. The number of ketones is 2. The molecule has 0 saturated carbocycles. The number of para-hydroxylation sites is 1. The molecule has 0 bridgehead atoms. The molecule has 8 heterocycles. The second-order valence-electron chi connectivity index (χ2n) is 23.8. The number of carbonyl (C=O) groups is 3. The fourth-order valence-corrected chi connectivity index (χ4v) is 10.2. The quantitative estimate of drug-likeness (QED) is 0.0660. The first-order chi connectivity index (χ1) is 51.8. The molecule has 0 aliphatic heterocycles. The molecule has 0 fully saturated rings. The Balaban J connectivity index is 0.00000123. The smallest absolute Gasteiger partial charge is 0.354 e. The molecule has 0 amide bonds. The maximum Gasteiger partial charge on any atom is 0.354 e. The summed E-state index contributed by atoms with van der Waals surface area (Å²) in [5, 5.41) is 26.3. The third kappa shape index (κ3) is 42.8. The van der Waals surface area contributed by atoms with Gasteiger partial charge in [-0.15, -0.1) is 65.8 Å². The molecule has 0 atom stereocenters. The number of nitrogens with zero attached hydrogens (tertiary/aromatic N) is 8. The number of aliphatic hydroxyl groups excluding tert-OH is 2. The van der Waals surface area contributed by atoms with Gasteiger partial charge in [-0.3, -0.25) is 27.8 Å². The monoisotopic (exact) mass is 2750 g/mol. The third-order valence-corrected chi connectivity index (χ3v) is 15.3. The molecule has 21 heteroatoms. The molecule has 0 saturated heterocycles. The third-order valence-electron chi connectivity index (χ3n) is 15.3. The molecule has 113 heavy (non-hydrogen) atoms. The normalized spacial score (nSPS) is 13.6. The standard InChI is InChI=1S/C14H12N.C12H10N.C11H12N.3C10H8N.C9H8N.C6H5NO2.2C5H8O2.7Ir/c1-2-6-11(5-1)14-10-9-12-7-3-4-8-13(12)15-14;1-2-4-8-11(7-3-1)12-9-5-6-10-13-12;1-2-6-10(7-3-1)11-8-4-5-9-12-11;3*1-2-6-9(5-1)10-7-3-4-8-11-10;1-2-7-10-9(6-1)8-4-3-5-8;8-6(9)5-3-1-2-4-7-5;2*1-4(6)3-5(2)7;;;;;;;/h3-4,7-10H,1-2,5H2;1-6,9-10H,7H2;4-5,8-9H,1-3,6H2;3*1-4,7-8H,5H2;1-2,6-7H,3-4H2;1-4H,(H,8,9);2*3,6H,1-2H3;;;;;;;/q7*-1;;;;;;;;;;. The number of rotatable bonds is 10. The van der Waals surface area contributed by atoms with Gasteiger partial charge in [-0.2, -0.15) is 89.6 Å². The van der Waals surface area contributed by atoms with E-state index in [9.17, 15) is 14.4 Å². The van der Waals surface area contributed by atoms with Crippen molar-refractivity contribution in [2.24, 2.45) is 0 Å². The van der Waals surface area contributed by atoms with Gasteiger partial charge >= 0.3 is 5.97 Å². The van der Waals surface area contributed by atoms with Gasteiger partial charge in [0.25, 0.3) is 0 Å². The number of aromatic nitrogens is 8. The van der Waals surface area contributed by atoms with Gasteiger partial charge in [0.05, 0.1) is 11.5 Å². The van der Waals surface area contributed by atoms with Crippen molar-refractivity contribution in [1.82, 2.24) is 39.9 Å². The number of pyridine rings is 8. The van der Waals surface area contributed by atoms with Crippen LogP contribution in [0.4, 0.5) is 0 Å². The average molecular weight is 2750 g/mol. The summed E-state index contributed by atoms with van der Waals surface area (Å²) in [6.45, 7) is 5.70. The van der Waals surface area contributed by atoms with Crippen LogP contribution in [0.3, 0.4) is 0 Å². The number of carboxylic acid groups (broad SMARTS) is 1. The summed E-state index contributed by atoms with van der Waals surface area (Å²) in [5.74, 6) is -1.12. The van der Waals surface area contributed by atoms with Gasteiger partial charge in [0.15, 0.2) is 11.6 Å². The van der Waals surface area contributed by atoms with Gasteiger partial charge in [0.2, 0.25) is 0 Å². The van der Waals surface area contributed by atoms with Crippen LogP contribution in [-0.4, -0.2) is 72.7 Å². The van der Waals surface area contributed by atoms with Crippen molar-refractivity contribution in [2.45, 2.75) is 111 Å². The molecule has 16 rings (SSSR count). The van der Waals surface area contributed by atoms with E-state index < -0.39 is 5.97 Å². The number of benzene rings is 1. The predicted molar refractivity (Wildman–Crippen MR) is 425 cm³/mol. The van der Waals surface area contributed by atoms with E-state index in [0.717, 1.165) is 115 Å². The van der Waals surface area contributed by atoms with Gasteiger partial charge < -0.3 is 50.2 Å². The van der Waals surface area contributed by atoms with Crippen LogP contribution in [0.1, 0.15) is 162 Å². The van der Waals surface area contributed by atoms with Gasteiger partial charge in [0, 0.05) is 202 Å². The van der Waals surface area contributed by atoms with Crippen molar-refractivity contribution < 1.29 is 170 Å². The van der Waals surface area contributed by atoms with Crippen LogP contribution in [-0.2, 0) is 150 Å². The molecule has 7 radical (unpaired) electrons. The van der Waals surface area contributed by atoms with E-state index >= 15 is 0 Å². The Bertz CT molecular complexity index is 4500. The molecular formula is C92H87Ir7N8O6-7. The van der Waals surface area contributed by atoms with Crippen molar-refractivity contribution in [3.63, 3.8) is 0 Å². The first-order valence-electron chi connectivity index (χ1n) is 35.1. The van der Waals surface area contributed by atoms with Crippen LogP contribution >= 0.6 is 0 Å². The van der Waals surface area contributed by atoms with E-state index in [1.807, 2.05) is 189 Å². The summed E-state index contributed by atoms with van der Waals surface area (Å²) in [6, 6.07) is 53.0. The molecular weight excluding hydrogens is 2660 g/mol. The summed E-state index contributed by atoms with van der Waals surface area (Å²) in [7, 11) is 0. The van der Waals surface area contributed by atoms with Crippen molar-refractivity contribution >= 4 is 67.5 Å². The number of aliphatic hydroxyl groups is 2. The van der Waals surface area contributed by atoms with Gasteiger partial charge in [0.1, 0.15) is 5.69 Å².